The van der Waals surface area contributed by atoms with Gasteiger partial charge in [-0.25, -0.2) is 0 Å². The summed E-state index contributed by atoms with van der Waals surface area (Å²) in [5.41, 5.74) is 26.8. The maximum atomic E-state index is 7.25. The molecule has 1 atom stereocenters. The molecule has 0 N–H and O–H groups in total. The van der Waals surface area contributed by atoms with Crippen molar-refractivity contribution in [3.8, 4) is 66.8 Å². The maximum Gasteiger partial charge on any atom is 0.143 e. The van der Waals surface area contributed by atoms with E-state index in [0.717, 1.165) is 55.7 Å². The van der Waals surface area contributed by atoms with Crippen molar-refractivity contribution in [1.82, 2.24) is 0 Å². The average molecular weight is 918 g/mol. The second-order valence-electron chi connectivity index (χ2n) is 20.3. The highest BCUT2D eigenvalue weighted by Gasteiger charge is 2.53. The van der Waals surface area contributed by atoms with Crippen molar-refractivity contribution < 1.29 is 4.42 Å². The van der Waals surface area contributed by atoms with E-state index in [2.05, 4.69) is 267 Å². The van der Waals surface area contributed by atoms with Crippen molar-refractivity contribution in [3.05, 3.63) is 282 Å². The van der Waals surface area contributed by atoms with Crippen LogP contribution in [0.1, 0.15) is 47.2 Å². The largest absolute Gasteiger partial charge is 0.455 e. The Kier molecular flexibility index (Phi) is 8.66. The second-order valence-corrected chi connectivity index (χ2v) is 20.3. The minimum absolute atomic E-state index is 0.158. The lowest BCUT2D eigenvalue weighted by molar-refractivity contribution is 0.660. The highest BCUT2D eigenvalue weighted by Crippen LogP contribution is 2.66. The molecule has 15 rings (SSSR count). The van der Waals surface area contributed by atoms with Gasteiger partial charge in [0.15, 0.2) is 0 Å². The van der Waals surface area contributed by atoms with Crippen LogP contribution >= 0.6 is 0 Å². The highest BCUT2D eigenvalue weighted by molar-refractivity contribution is 6.16. The van der Waals surface area contributed by atoms with Gasteiger partial charge in [0, 0.05) is 44.3 Å². The first-order chi connectivity index (χ1) is 35.5. The molecule has 2 heteroatoms. The Morgan fingerprint density at radius 1 is 0.319 bits per heavy atom. The van der Waals surface area contributed by atoms with Crippen LogP contribution in [0.5, 0.6) is 0 Å². The fourth-order valence-corrected chi connectivity index (χ4v) is 13.2. The smallest absolute Gasteiger partial charge is 0.143 e. The number of hydrogen-bond acceptors (Lipinski definition) is 2. The van der Waals surface area contributed by atoms with Crippen molar-refractivity contribution >= 4 is 39.0 Å². The van der Waals surface area contributed by atoms with Gasteiger partial charge in [0.25, 0.3) is 0 Å². The molecule has 3 aliphatic carbocycles. The molecular weight excluding hydrogens is 871 g/mol. The number of rotatable bonds is 6. The Balaban J connectivity index is 0.968. The normalized spacial score (nSPS) is 15.2. The van der Waals surface area contributed by atoms with Gasteiger partial charge in [-0.3, -0.25) is 0 Å². The molecule has 3 aliphatic rings. The van der Waals surface area contributed by atoms with E-state index >= 15 is 0 Å². The van der Waals surface area contributed by atoms with E-state index in [-0.39, 0.29) is 5.41 Å². The van der Waals surface area contributed by atoms with Crippen LogP contribution in [0.15, 0.2) is 253 Å². The summed E-state index contributed by atoms with van der Waals surface area (Å²) in [6.07, 6.45) is 0. The molecule has 72 heavy (non-hydrogen) atoms. The first-order valence-electron chi connectivity index (χ1n) is 25.2. The quantitative estimate of drug-likeness (QED) is 0.165. The summed E-state index contributed by atoms with van der Waals surface area (Å²) in [6, 6.07) is 92.1. The molecule has 0 amide bonds. The molecule has 0 saturated carbocycles. The predicted molar refractivity (Wildman–Crippen MR) is 299 cm³/mol. The van der Waals surface area contributed by atoms with Crippen molar-refractivity contribution in [3.63, 3.8) is 0 Å². The SMILES string of the molecule is CC1(C)c2ccccc2-c2ccc(N(c3cccc(-c4cccc5c4C4(c6ccccc6-5)c5ccccc5-c5c4ccc4c5oc5c(-c6ccccc6)cccc54)c3)c3ccccc3-c3ccccc3)cc21. The van der Waals surface area contributed by atoms with Crippen LogP contribution in [0.3, 0.4) is 0 Å². The third-order valence-electron chi connectivity index (χ3n) is 16.3. The topological polar surface area (TPSA) is 16.4 Å². The van der Waals surface area contributed by atoms with Crippen LogP contribution < -0.4 is 4.90 Å². The summed E-state index contributed by atoms with van der Waals surface area (Å²) >= 11 is 0. The molecule has 0 radical (unpaired) electrons. The zero-order chi connectivity index (χ0) is 47.7. The van der Waals surface area contributed by atoms with Gasteiger partial charge < -0.3 is 9.32 Å². The second kappa shape index (κ2) is 15.3. The third-order valence-corrected chi connectivity index (χ3v) is 16.3. The molecule has 0 fully saturated rings. The van der Waals surface area contributed by atoms with Gasteiger partial charge in [0.05, 0.1) is 11.1 Å². The molecule has 0 saturated heterocycles. The number of para-hydroxylation sites is 2. The molecule has 12 aromatic rings. The first kappa shape index (κ1) is 40.9. The molecule has 2 nitrogen and oxygen atoms in total. The summed E-state index contributed by atoms with van der Waals surface area (Å²) in [5.74, 6) is 0. The molecule has 1 aromatic heterocycles. The molecule has 1 heterocycles. The molecule has 1 spiro atoms. The van der Waals surface area contributed by atoms with Crippen LogP contribution in [0.4, 0.5) is 17.1 Å². The number of nitrogens with zero attached hydrogens (tertiary/aromatic N) is 1. The first-order valence-corrected chi connectivity index (χ1v) is 25.2. The van der Waals surface area contributed by atoms with E-state index < -0.39 is 5.41 Å². The summed E-state index contributed by atoms with van der Waals surface area (Å²) in [7, 11) is 0. The van der Waals surface area contributed by atoms with Crippen molar-refractivity contribution in [2.24, 2.45) is 0 Å². The van der Waals surface area contributed by atoms with Crippen molar-refractivity contribution in [2.75, 3.05) is 4.90 Å². The summed E-state index contributed by atoms with van der Waals surface area (Å²) in [6.45, 7) is 4.74. The Morgan fingerprint density at radius 2 is 0.847 bits per heavy atom. The van der Waals surface area contributed by atoms with Gasteiger partial charge in [-0.05, 0) is 114 Å². The highest BCUT2D eigenvalue weighted by atomic mass is 16.3. The molecule has 338 valence electrons. The Labute approximate surface area is 419 Å². The van der Waals surface area contributed by atoms with Crippen LogP contribution in [0, 0.1) is 0 Å². The number of benzene rings is 11. The number of hydrogen-bond donors (Lipinski definition) is 0. The molecule has 1 unspecified atom stereocenters. The minimum atomic E-state index is -0.611. The Hall–Kier alpha value is -8.98. The van der Waals surface area contributed by atoms with E-state index in [1.54, 1.807) is 0 Å². The zero-order valence-corrected chi connectivity index (χ0v) is 40.0. The lowest BCUT2D eigenvalue weighted by Crippen LogP contribution is -2.26. The molecule has 11 aromatic carbocycles. The lowest BCUT2D eigenvalue weighted by atomic mass is 9.68. The van der Waals surface area contributed by atoms with Gasteiger partial charge in [-0.2, -0.15) is 0 Å². The maximum absolute atomic E-state index is 7.25. The van der Waals surface area contributed by atoms with E-state index in [1.807, 2.05) is 0 Å². The standard InChI is InChI=1S/C70H47NO/c1-69(2)59-34-13-9-27-52(59)54-39-38-48(43-63(54)69)71(64-37-16-12-26-49(64)44-20-5-3-6-21-44)47-25-17-24-46(42-47)50-30-18-32-55-53-28-10-14-35-60(53)70(66(50)55)61-36-15-11-29-58(61)65-62(70)41-40-57-56-33-19-31-51(67(56)72-68(57)65)45-22-7-4-8-23-45/h3-43H,1-2H3. The van der Waals surface area contributed by atoms with Gasteiger partial charge in [0.2, 0.25) is 0 Å². The molecular formula is C70H47NO. The van der Waals surface area contributed by atoms with Crippen LogP contribution in [-0.2, 0) is 10.8 Å². The zero-order valence-electron chi connectivity index (χ0n) is 40.0. The average Bonchev–Trinajstić information content (AvgIpc) is 4.14. The predicted octanol–water partition coefficient (Wildman–Crippen LogP) is 18.7. The molecule has 0 aliphatic heterocycles. The monoisotopic (exact) mass is 917 g/mol. The fourth-order valence-electron chi connectivity index (χ4n) is 13.2. The van der Waals surface area contributed by atoms with E-state index in [9.17, 15) is 0 Å². The van der Waals surface area contributed by atoms with Gasteiger partial charge in [-0.15, -0.1) is 0 Å². The van der Waals surface area contributed by atoms with Crippen LogP contribution in [0.25, 0.3) is 88.7 Å². The minimum Gasteiger partial charge on any atom is -0.455 e. The Bertz CT molecular complexity index is 4200. The van der Waals surface area contributed by atoms with Gasteiger partial charge in [-0.1, -0.05) is 232 Å². The van der Waals surface area contributed by atoms with Crippen molar-refractivity contribution in [1.29, 1.82) is 0 Å². The summed E-state index contributed by atoms with van der Waals surface area (Å²) in [5, 5.41) is 2.27. The number of fused-ring (bicyclic) bond motifs is 17. The number of furan rings is 1. The summed E-state index contributed by atoms with van der Waals surface area (Å²) < 4.78 is 7.25. The van der Waals surface area contributed by atoms with Crippen LogP contribution in [-0.4, -0.2) is 0 Å². The summed E-state index contributed by atoms with van der Waals surface area (Å²) in [4.78, 5) is 2.49. The lowest BCUT2D eigenvalue weighted by Gasteiger charge is -2.33. The van der Waals surface area contributed by atoms with Crippen LogP contribution in [0.2, 0.25) is 0 Å². The van der Waals surface area contributed by atoms with Gasteiger partial charge >= 0.3 is 0 Å². The third kappa shape index (κ3) is 5.55. The number of anilines is 3. The molecule has 0 bridgehead atoms. The van der Waals surface area contributed by atoms with E-state index in [4.69, 9.17) is 4.42 Å². The van der Waals surface area contributed by atoms with Gasteiger partial charge in [0.1, 0.15) is 11.2 Å². The van der Waals surface area contributed by atoms with Crippen molar-refractivity contribution in [2.45, 2.75) is 24.7 Å². The van der Waals surface area contributed by atoms with E-state index in [0.29, 0.717) is 0 Å². The fraction of sp³-hybridized carbons (Fsp3) is 0.0571. The Morgan fingerprint density at radius 3 is 1.62 bits per heavy atom. The van der Waals surface area contributed by atoms with E-state index in [1.165, 1.54) is 83.5 Å².